The summed E-state index contributed by atoms with van der Waals surface area (Å²) in [5, 5.41) is 14.9. The van der Waals surface area contributed by atoms with Crippen LogP contribution in [0.5, 0.6) is 5.75 Å². The van der Waals surface area contributed by atoms with Crippen molar-refractivity contribution in [2.24, 2.45) is 0 Å². The summed E-state index contributed by atoms with van der Waals surface area (Å²) in [7, 11) is 0. The van der Waals surface area contributed by atoms with Crippen molar-refractivity contribution in [3.05, 3.63) is 70.5 Å². The van der Waals surface area contributed by atoms with Gasteiger partial charge in [0.1, 0.15) is 11.6 Å². The second-order valence-corrected chi connectivity index (χ2v) is 7.79. The van der Waals surface area contributed by atoms with Crippen LogP contribution in [0, 0.1) is 15.9 Å². The highest BCUT2D eigenvalue weighted by Crippen LogP contribution is 2.28. The molecule has 4 rings (SSSR count). The number of anilines is 1. The molecule has 0 aliphatic rings. The fraction of sp³-hybridized carbons (Fsp3) is 0.143. The molecule has 2 N–H and O–H groups in total. The topological polar surface area (TPSA) is 106 Å². The molecule has 0 saturated carbocycles. The van der Waals surface area contributed by atoms with E-state index in [-0.39, 0.29) is 23.1 Å². The fourth-order valence-corrected chi connectivity index (χ4v) is 3.78. The molecular formula is C21H16F3N5O3S. The number of benzene rings is 2. The molecule has 0 atom stereocenters. The largest absolute Gasteiger partial charge is 0.435 e. The average Bonchev–Trinajstić information content (AvgIpc) is 3.18. The monoisotopic (exact) mass is 475 g/mol. The smallest absolute Gasteiger partial charge is 0.387 e. The van der Waals surface area contributed by atoms with Crippen molar-refractivity contribution in [2.45, 2.75) is 11.8 Å². The lowest BCUT2D eigenvalue weighted by Gasteiger charge is -2.08. The molecule has 12 heteroatoms. The first-order chi connectivity index (χ1) is 15.9. The first-order valence-electron chi connectivity index (χ1n) is 9.61. The van der Waals surface area contributed by atoms with Gasteiger partial charge in [-0.05, 0) is 42.5 Å². The molecule has 4 aromatic rings. The molecule has 2 heterocycles. The zero-order chi connectivity index (χ0) is 23.4. The first-order valence-corrected chi connectivity index (χ1v) is 10.6. The summed E-state index contributed by atoms with van der Waals surface area (Å²) in [5.41, 5.74) is 2.06. The Balaban J connectivity index is 1.42. The van der Waals surface area contributed by atoms with Crippen molar-refractivity contribution >= 4 is 34.3 Å². The molecule has 0 unspecified atom stereocenters. The molecule has 0 saturated heterocycles. The number of nitro groups is 1. The van der Waals surface area contributed by atoms with E-state index in [4.69, 9.17) is 0 Å². The van der Waals surface area contributed by atoms with Crippen molar-refractivity contribution in [1.29, 1.82) is 0 Å². The summed E-state index contributed by atoms with van der Waals surface area (Å²) in [6.07, 6.45) is 0. The number of pyridine rings is 1. The molecule has 0 bridgehead atoms. The summed E-state index contributed by atoms with van der Waals surface area (Å²) in [4.78, 5) is 22.5. The Kier molecular flexibility index (Phi) is 6.63. The summed E-state index contributed by atoms with van der Waals surface area (Å²) in [6, 6.07) is 12.9. The number of ether oxygens (including phenoxy) is 1. The van der Waals surface area contributed by atoms with E-state index in [0.29, 0.717) is 39.7 Å². The second kappa shape index (κ2) is 9.77. The van der Waals surface area contributed by atoms with Gasteiger partial charge in [0, 0.05) is 30.0 Å². The Morgan fingerprint density at radius 1 is 1.12 bits per heavy atom. The van der Waals surface area contributed by atoms with E-state index in [1.807, 2.05) is 0 Å². The summed E-state index contributed by atoms with van der Waals surface area (Å²) in [5.74, 6) is 0.221. The Hall–Kier alpha value is -3.80. The van der Waals surface area contributed by atoms with Gasteiger partial charge in [-0.15, -0.1) is 0 Å². The number of rotatable bonds is 9. The SMILES string of the molecule is O=[N+]([O-])c1ccc(-c2ccc(F)cc2)nc1NCCSc1nc2ccc(OC(F)F)cc2[nH]1. The first kappa shape index (κ1) is 22.4. The van der Waals surface area contributed by atoms with E-state index < -0.39 is 11.5 Å². The summed E-state index contributed by atoms with van der Waals surface area (Å²) < 4.78 is 42.3. The molecule has 8 nitrogen and oxygen atoms in total. The van der Waals surface area contributed by atoms with Crippen LogP contribution in [0.4, 0.5) is 24.7 Å². The molecule has 2 aromatic heterocycles. The quantitative estimate of drug-likeness (QED) is 0.143. The number of nitrogens with one attached hydrogen (secondary N) is 2. The minimum absolute atomic E-state index is 0.0267. The number of aromatic amines is 1. The third-order valence-corrected chi connectivity index (χ3v) is 5.38. The Labute approximate surface area is 189 Å². The second-order valence-electron chi connectivity index (χ2n) is 6.70. The number of imidazole rings is 1. The number of aromatic nitrogens is 3. The van der Waals surface area contributed by atoms with Crippen molar-refractivity contribution in [3.63, 3.8) is 0 Å². The molecule has 0 radical (unpaired) electrons. The van der Waals surface area contributed by atoms with Crippen molar-refractivity contribution in [3.8, 4) is 17.0 Å². The summed E-state index contributed by atoms with van der Waals surface area (Å²) in [6.45, 7) is -2.58. The number of hydrogen-bond acceptors (Lipinski definition) is 7. The normalized spacial score (nSPS) is 11.2. The molecule has 0 spiro atoms. The standard InChI is InChI=1S/C21H16F3N5O3S/c22-13-3-1-12(2-4-13)15-7-8-18(29(30)31)19(26-15)25-9-10-33-21-27-16-6-5-14(32-20(23)24)11-17(16)28-21/h1-8,11,20H,9-10H2,(H,25,26)(H,27,28). The van der Waals surface area contributed by atoms with Gasteiger partial charge in [0.15, 0.2) is 5.16 Å². The van der Waals surface area contributed by atoms with Crippen molar-refractivity contribution in [1.82, 2.24) is 15.0 Å². The van der Waals surface area contributed by atoms with Crippen LogP contribution >= 0.6 is 11.8 Å². The molecule has 2 aromatic carbocycles. The number of alkyl halides is 2. The van der Waals surface area contributed by atoms with Gasteiger partial charge in [0.2, 0.25) is 5.82 Å². The lowest BCUT2D eigenvalue weighted by atomic mass is 10.1. The molecule has 33 heavy (non-hydrogen) atoms. The maximum atomic E-state index is 13.2. The molecular weight excluding hydrogens is 459 g/mol. The minimum atomic E-state index is -2.91. The number of nitrogens with zero attached hydrogens (tertiary/aromatic N) is 3. The van der Waals surface area contributed by atoms with Gasteiger partial charge < -0.3 is 15.0 Å². The van der Waals surface area contributed by atoms with E-state index in [1.54, 1.807) is 18.2 Å². The van der Waals surface area contributed by atoms with Gasteiger partial charge in [0.25, 0.3) is 0 Å². The van der Waals surface area contributed by atoms with Crippen LogP contribution in [0.25, 0.3) is 22.3 Å². The van der Waals surface area contributed by atoms with E-state index in [9.17, 15) is 23.3 Å². The highest BCUT2D eigenvalue weighted by atomic mass is 32.2. The molecule has 0 amide bonds. The molecule has 0 aliphatic heterocycles. The van der Waals surface area contributed by atoms with Crippen LogP contribution in [0.15, 0.2) is 59.8 Å². The number of fused-ring (bicyclic) bond motifs is 1. The van der Waals surface area contributed by atoms with Gasteiger partial charge in [-0.2, -0.15) is 8.78 Å². The zero-order valence-electron chi connectivity index (χ0n) is 16.8. The number of halogens is 3. The van der Waals surface area contributed by atoms with Gasteiger partial charge in [-0.25, -0.2) is 14.4 Å². The van der Waals surface area contributed by atoms with Crippen LogP contribution in [0.2, 0.25) is 0 Å². The van der Waals surface area contributed by atoms with Crippen molar-refractivity contribution in [2.75, 3.05) is 17.6 Å². The molecule has 170 valence electrons. The maximum absolute atomic E-state index is 13.2. The fourth-order valence-electron chi connectivity index (χ4n) is 3.04. The van der Waals surface area contributed by atoms with Gasteiger partial charge >= 0.3 is 12.3 Å². The lowest BCUT2D eigenvalue weighted by molar-refractivity contribution is -0.384. The maximum Gasteiger partial charge on any atom is 0.387 e. The number of H-pyrrole nitrogens is 1. The zero-order valence-corrected chi connectivity index (χ0v) is 17.6. The van der Waals surface area contributed by atoms with E-state index in [2.05, 4.69) is 25.0 Å². The van der Waals surface area contributed by atoms with Gasteiger partial charge in [-0.1, -0.05) is 11.8 Å². The highest BCUT2D eigenvalue weighted by molar-refractivity contribution is 7.99. The van der Waals surface area contributed by atoms with Gasteiger partial charge in [-0.3, -0.25) is 10.1 Å². The third kappa shape index (κ3) is 5.52. The summed E-state index contributed by atoms with van der Waals surface area (Å²) >= 11 is 1.34. The van der Waals surface area contributed by atoms with Crippen LogP contribution in [0.1, 0.15) is 0 Å². The Morgan fingerprint density at radius 3 is 2.64 bits per heavy atom. The molecule has 0 aliphatic carbocycles. The number of thioether (sulfide) groups is 1. The Bertz CT molecular complexity index is 1280. The average molecular weight is 475 g/mol. The lowest BCUT2D eigenvalue weighted by Crippen LogP contribution is -2.08. The van der Waals surface area contributed by atoms with E-state index in [1.165, 1.54) is 48.2 Å². The van der Waals surface area contributed by atoms with Gasteiger partial charge in [0.05, 0.1) is 21.7 Å². The molecule has 0 fully saturated rings. The van der Waals surface area contributed by atoms with Crippen LogP contribution in [-0.4, -0.2) is 38.8 Å². The highest BCUT2D eigenvalue weighted by Gasteiger charge is 2.16. The van der Waals surface area contributed by atoms with Crippen LogP contribution in [0.3, 0.4) is 0 Å². The number of hydrogen-bond donors (Lipinski definition) is 2. The van der Waals surface area contributed by atoms with E-state index >= 15 is 0 Å². The predicted molar refractivity (Wildman–Crippen MR) is 118 cm³/mol. The predicted octanol–water partition coefficient (Wildman–Crippen LogP) is 5.48. The van der Waals surface area contributed by atoms with Crippen LogP contribution < -0.4 is 10.1 Å². The van der Waals surface area contributed by atoms with Crippen molar-refractivity contribution < 1.29 is 22.8 Å². The third-order valence-electron chi connectivity index (χ3n) is 4.50. The van der Waals surface area contributed by atoms with E-state index in [0.717, 1.165) is 0 Å². The Morgan fingerprint density at radius 2 is 1.91 bits per heavy atom. The minimum Gasteiger partial charge on any atom is -0.435 e. The van der Waals surface area contributed by atoms with Crippen LogP contribution in [-0.2, 0) is 0 Å².